The van der Waals surface area contributed by atoms with Gasteiger partial charge in [-0.15, -0.1) is 0 Å². The van der Waals surface area contributed by atoms with Crippen LogP contribution in [0.3, 0.4) is 0 Å². The first-order valence-corrected chi connectivity index (χ1v) is 5.70. The predicted molar refractivity (Wildman–Crippen MR) is 67.4 cm³/mol. The second-order valence-electron chi connectivity index (χ2n) is 3.99. The van der Waals surface area contributed by atoms with Crippen molar-refractivity contribution in [3.63, 3.8) is 0 Å². The Bertz CT molecular complexity index is 446. The van der Waals surface area contributed by atoms with Crippen molar-refractivity contribution in [2.75, 3.05) is 11.9 Å². The van der Waals surface area contributed by atoms with E-state index in [2.05, 4.69) is 5.32 Å². The molecule has 6 heteroatoms. The Kier molecular flexibility index (Phi) is 5.26. The van der Waals surface area contributed by atoms with Gasteiger partial charge in [0.2, 0.25) is 5.91 Å². The molecule has 1 aromatic carbocycles. The zero-order valence-corrected chi connectivity index (χ0v) is 10.2. The third-order valence-corrected chi connectivity index (χ3v) is 2.51. The number of aliphatic hydroxyl groups excluding tert-OH is 1. The van der Waals surface area contributed by atoms with Crippen molar-refractivity contribution in [3.8, 4) is 0 Å². The number of non-ortho nitro benzene ring substituents is 1. The van der Waals surface area contributed by atoms with Crippen LogP contribution in [0.5, 0.6) is 0 Å². The van der Waals surface area contributed by atoms with E-state index < -0.39 is 4.92 Å². The van der Waals surface area contributed by atoms with Crippen molar-refractivity contribution in [2.45, 2.75) is 26.2 Å². The molecule has 6 nitrogen and oxygen atoms in total. The van der Waals surface area contributed by atoms with Gasteiger partial charge in [0.15, 0.2) is 0 Å². The fourth-order valence-corrected chi connectivity index (χ4v) is 1.51. The summed E-state index contributed by atoms with van der Waals surface area (Å²) < 4.78 is 0. The number of aliphatic hydroxyl groups is 1. The summed E-state index contributed by atoms with van der Waals surface area (Å²) in [6, 6.07) is 4.30. The van der Waals surface area contributed by atoms with Crippen molar-refractivity contribution >= 4 is 17.3 Å². The molecule has 98 valence electrons. The van der Waals surface area contributed by atoms with Crippen molar-refractivity contribution in [1.29, 1.82) is 0 Å². The van der Waals surface area contributed by atoms with Crippen LogP contribution in [-0.2, 0) is 4.79 Å². The Morgan fingerprint density at radius 3 is 2.72 bits per heavy atom. The molecule has 0 atom stereocenters. The summed E-state index contributed by atoms with van der Waals surface area (Å²) in [6.07, 6.45) is 1.54. The van der Waals surface area contributed by atoms with Gasteiger partial charge in [-0.25, -0.2) is 0 Å². The van der Waals surface area contributed by atoms with Crippen LogP contribution >= 0.6 is 0 Å². The average Bonchev–Trinajstić information content (AvgIpc) is 2.32. The third kappa shape index (κ3) is 4.14. The number of nitrogens with zero attached hydrogens (tertiary/aromatic N) is 1. The molecule has 0 spiro atoms. The van der Waals surface area contributed by atoms with Crippen LogP contribution in [0.2, 0.25) is 0 Å². The Balaban J connectivity index is 2.62. The van der Waals surface area contributed by atoms with Crippen LogP contribution < -0.4 is 5.32 Å². The minimum absolute atomic E-state index is 0.00535. The minimum Gasteiger partial charge on any atom is -0.396 e. The number of anilines is 1. The molecule has 2 N–H and O–H groups in total. The number of nitrogens with one attached hydrogen (secondary N) is 1. The quantitative estimate of drug-likeness (QED) is 0.460. The molecule has 18 heavy (non-hydrogen) atoms. The van der Waals surface area contributed by atoms with Gasteiger partial charge >= 0.3 is 0 Å². The van der Waals surface area contributed by atoms with Gasteiger partial charge in [0.1, 0.15) is 0 Å². The van der Waals surface area contributed by atoms with E-state index in [1.54, 1.807) is 6.92 Å². The number of carbonyl (C=O) groups excluding carboxylic acids is 1. The number of hydrogen-bond donors (Lipinski definition) is 2. The van der Waals surface area contributed by atoms with E-state index in [-0.39, 0.29) is 18.2 Å². The first-order chi connectivity index (χ1) is 8.54. The summed E-state index contributed by atoms with van der Waals surface area (Å²) in [6.45, 7) is 1.78. The Labute approximate surface area is 105 Å². The number of rotatable bonds is 6. The number of aryl methyl sites for hydroxylation is 1. The summed E-state index contributed by atoms with van der Waals surface area (Å²) in [5.41, 5.74) is 1.24. The molecule has 0 saturated carbocycles. The summed E-state index contributed by atoms with van der Waals surface area (Å²) in [5, 5.41) is 21.8. The van der Waals surface area contributed by atoms with Crippen LogP contribution in [0.4, 0.5) is 11.4 Å². The Hall–Kier alpha value is -1.95. The predicted octanol–water partition coefficient (Wildman–Crippen LogP) is 2.00. The number of nitro groups is 1. The van der Waals surface area contributed by atoms with Crippen LogP contribution in [0.15, 0.2) is 18.2 Å². The molecule has 1 amide bonds. The summed E-state index contributed by atoms with van der Waals surface area (Å²) in [5.74, 6) is -0.152. The first-order valence-electron chi connectivity index (χ1n) is 5.70. The molecule has 0 fully saturated rings. The highest BCUT2D eigenvalue weighted by Gasteiger charge is 2.09. The van der Waals surface area contributed by atoms with Gasteiger partial charge in [-0.2, -0.15) is 0 Å². The zero-order valence-electron chi connectivity index (χ0n) is 10.2. The monoisotopic (exact) mass is 252 g/mol. The Morgan fingerprint density at radius 1 is 1.44 bits per heavy atom. The number of carbonyl (C=O) groups is 1. The molecular weight excluding hydrogens is 236 g/mol. The highest BCUT2D eigenvalue weighted by molar-refractivity contribution is 5.91. The SMILES string of the molecule is Cc1cc([N+](=O)[O-])ccc1NC(=O)CCCCO. The molecule has 0 heterocycles. The maximum absolute atomic E-state index is 11.5. The summed E-state index contributed by atoms with van der Waals surface area (Å²) >= 11 is 0. The van der Waals surface area contributed by atoms with Crippen molar-refractivity contribution < 1.29 is 14.8 Å². The molecule has 0 unspecified atom stereocenters. The Morgan fingerprint density at radius 2 is 2.17 bits per heavy atom. The maximum atomic E-state index is 11.5. The zero-order chi connectivity index (χ0) is 13.5. The van der Waals surface area contributed by atoms with E-state index in [9.17, 15) is 14.9 Å². The van der Waals surface area contributed by atoms with Crippen LogP contribution in [0.25, 0.3) is 0 Å². The lowest BCUT2D eigenvalue weighted by molar-refractivity contribution is -0.384. The number of nitro benzene ring substituents is 1. The molecule has 0 radical (unpaired) electrons. The summed E-state index contributed by atoms with van der Waals surface area (Å²) in [7, 11) is 0. The number of unbranched alkanes of at least 4 members (excludes halogenated alkanes) is 1. The number of hydrogen-bond acceptors (Lipinski definition) is 4. The molecule has 1 aromatic rings. The third-order valence-electron chi connectivity index (χ3n) is 2.51. The number of amides is 1. The van der Waals surface area contributed by atoms with E-state index in [0.717, 1.165) is 0 Å². The molecule has 0 aliphatic rings. The lowest BCUT2D eigenvalue weighted by atomic mass is 10.1. The highest BCUT2D eigenvalue weighted by Crippen LogP contribution is 2.21. The van der Waals surface area contributed by atoms with Gasteiger partial charge in [0, 0.05) is 30.8 Å². The van der Waals surface area contributed by atoms with Gasteiger partial charge in [-0.05, 0) is 31.4 Å². The second-order valence-corrected chi connectivity index (χ2v) is 3.99. The first kappa shape index (κ1) is 14.1. The van der Waals surface area contributed by atoms with Gasteiger partial charge < -0.3 is 10.4 Å². The average molecular weight is 252 g/mol. The lowest BCUT2D eigenvalue weighted by Crippen LogP contribution is -2.12. The topological polar surface area (TPSA) is 92.5 Å². The molecule has 0 aliphatic carbocycles. The van der Waals surface area contributed by atoms with E-state index in [1.165, 1.54) is 18.2 Å². The lowest BCUT2D eigenvalue weighted by Gasteiger charge is -2.07. The van der Waals surface area contributed by atoms with Crippen molar-refractivity contribution in [2.24, 2.45) is 0 Å². The highest BCUT2D eigenvalue weighted by atomic mass is 16.6. The van der Waals surface area contributed by atoms with Crippen molar-refractivity contribution in [3.05, 3.63) is 33.9 Å². The molecule has 0 saturated heterocycles. The maximum Gasteiger partial charge on any atom is 0.269 e. The summed E-state index contributed by atoms with van der Waals surface area (Å²) in [4.78, 5) is 21.6. The molecule has 0 aromatic heterocycles. The van der Waals surface area contributed by atoms with Gasteiger partial charge in [-0.1, -0.05) is 0 Å². The standard InChI is InChI=1S/C12H16N2O4/c1-9-8-10(14(17)18)5-6-11(9)13-12(16)4-2-3-7-15/h5-6,8,15H,2-4,7H2,1H3,(H,13,16). The second kappa shape index (κ2) is 6.70. The van der Waals surface area contributed by atoms with Gasteiger partial charge in [0.05, 0.1) is 4.92 Å². The molecule has 0 aliphatic heterocycles. The normalized spacial score (nSPS) is 10.1. The largest absolute Gasteiger partial charge is 0.396 e. The molecule has 0 bridgehead atoms. The molecule has 1 rings (SSSR count). The number of benzene rings is 1. The molecular formula is C12H16N2O4. The smallest absolute Gasteiger partial charge is 0.269 e. The van der Waals surface area contributed by atoms with Crippen LogP contribution in [-0.4, -0.2) is 22.5 Å². The van der Waals surface area contributed by atoms with E-state index >= 15 is 0 Å². The van der Waals surface area contributed by atoms with Gasteiger partial charge in [-0.3, -0.25) is 14.9 Å². The minimum atomic E-state index is -0.472. The van der Waals surface area contributed by atoms with Crippen LogP contribution in [0, 0.1) is 17.0 Å². The van der Waals surface area contributed by atoms with E-state index in [4.69, 9.17) is 5.11 Å². The van der Waals surface area contributed by atoms with Gasteiger partial charge in [0.25, 0.3) is 5.69 Å². The van der Waals surface area contributed by atoms with Crippen molar-refractivity contribution in [1.82, 2.24) is 0 Å². The van der Waals surface area contributed by atoms with Crippen LogP contribution in [0.1, 0.15) is 24.8 Å². The van der Waals surface area contributed by atoms with E-state index in [0.29, 0.717) is 30.5 Å². The fourth-order valence-electron chi connectivity index (χ4n) is 1.51. The fraction of sp³-hybridized carbons (Fsp3) is 0.417. The van der Waals surface area contributed by atoms with E-state index in [1.807, 2.05) is 0 Å².